The van der Waals surface area contributed by atoms with Crippen molar-refractivity contribution < 1.29 is 4.79 Å². The average molecular weight is 331 g/mol. The van der Waals surface area contributed by atoms with Crippen molar-refractivity contribution in [3.05, 3.63) is 61.3 Å². The third kappa shape index (κ3) is 2.60. The first-order chi connectivity index (χ1) is 10.6. The molecule has 0 spiro atoms. The minimum absolute atomic E-state index is 0.156. The number of carbonyl (C=O) groups excluding carboxylic acids is 1. The van der Waals surface area contributed by atoms with Gasteiger partial charge in [-0.3, -0.25) is 15.0 Å². The molecule has 2 aromatic heterocycles. The van der Waals surface area contributed by atoms with E-state index in [9.17, 15) is 9.59 Å². The van der Waals surface area contributed by atoms with Gasteiger partial charge in [-0.05, 0) is 36.8 Å². The standard InChI is InChI=1S/C15H13N3O2S2/c1-2-10-7-9(8-22-10)13(19)17-18-14(20)11-5-3-4-6-12(11)16-15(18)21/h3-8H,2H2,1H3,(H,16,21)(H,17,19). The van der Waals surface area contributed by atoms with Crippen LogP contribution in [0.1, 0.15) is 22.2 Å². The second-order valence-corrected chi connectivity index (χ2v) is 6.09. The molecule has 0 aliphatic heterocycles. The first-order valence-corrected chi connectivity index (χ1v) is 8.01. The number of amides is 1. The number of benzene rings is 1. The van der Waals surface area contributed by atoms with E-state index in [0.717, 1.165) is 16.0 Å². The second-order valence-electron chi connectivity index (χ2n) is 4.71. The van der Waals surface area contributed by atoms with Crippen LogP contribution in [0.2, 0.25) is 0 Å². The molecule has 0 atom stereocenters. The van der Waals surface area contributed by atoms with Gasteiger partial charge in [0.2, 0.25) is 0 Å². The normalized spacial score (nSPS) is 10.8. The summed E-state index contributed by atoms with van der Waals surface area (Å²) in [6, 6.07) is 8.85. The highest BCUT2D eigenvalue weighted by molar-refractivity contribution is 7.71. The number of aromatic nitrogens is 2. The number of nitrogens with one attached hydrogen (secondary N) is 2. The number of aromatic amines is 1. The van der Waals surface area contributed by atoms with Crippen LogP contribution < -0.4 is 11.0 Å². The van der Waals surface area contributed by atoms with Crippen LogP contribution >= 0.6 is 23.6 Å². The molecule has 1 amide bonds. The van der Waals surface area contributed by atoms with Crippen molar-refractivity contribution in [3.63, 3.8) is 0 Å². The molecule has 0 aliphatic rings. The molecule has 0 radical (unpaired) electrons. The molecule has 3 rings (SSSR count). The summed E-state index contributed by atoms with van der Waals surface area (Å²) in [5.41, 5.74) is 3.38. The molecule has 0 unspecified atom stereocenters. The Balaban J connectivity index is 2.02. The summed E-state index contributed by atoms with van der Waals surface area (Å²) in [7, 11) is 0. The van der Waals surface area contributed by atoms with Crippen molar-refractivity contribution in [1.82, 2.24) is 9.66 Å². The van der Waals surface area contributed by atoms with Crippen LogP contribution in [-0.2, 0) is 6.42 Å². The van der Waals surface area contributed by atoms with Gasteiger partial charge >= 0.3 is 0 Å². The van der Waals surface area contributed by atoms with Gasteiger partial charge in [0.1, 0.15) is 0 Å². The minimum atomic E-state index is -0.354. The highest BCUT2D eigenvalue weighted by atomic mass is 32.1. The smallest absolute Gasteiger partial charge is 0.281 e. The Kier molecular flexibility index (Phi) is 3.91. The summed E-state index contributed by atoms with van der Waals surface area (Å²) in [5.74, 6) is -0.354. The van der Waals surface area contributed by atoms with Crippen molar-refractivity contribution >= 4 is 40.4 Å². The summed E-state index contributed by atoms with van der Waals surface area (Å²) in [6.07, 6.45) is 0.869. The van der Waals surface area contributed by atoms with Gasteiger partial charge in [0, 0.05) is 10.3 Å². The van der Waals surface area contributed by atoms with E-state index in [4.69, 9.17) is 12.2 Å². The number of H-pyrrole nitrogens is 1. The Morgan fingerprint density at radius 3 is 2.91 bits per heavy atom. The first kappa shape index (κ1) is 14.7. The number of nitrogens with zero attached hydrogens (tertiary/aromatic N) is 1. The molecule has 1 aromatic carbocycles. The van der Waals surface area contributed by atoms with Gasteiger partial charge in [0.05, 0.1) is 16.5 Å². The van der Waals surface area contributed by atoms with Crippen LogP contribution in [0.25, 0.3) is 10.9 Å². The maximum Gasteiger partial charge on any atom is 0.281 e. The van der Waals surface area contributed by atoms with Gasteiger partial charge < -0.3 is 4.98 Å². The number of hydrogen-bond acceptors (Lipinski definition) is 4. The van der Waals surface area contributed by atoms with Gasteiger partial charge in [-0.25, -0.2) is 0 Å². The molecule has 112 valence electrons. The topological polar surface area (TPSA) is 66.9 Å². The van der Waals surface area contributed by atoms with E-state index in [2.05, 4.69) is 10.4 Å². The zero-order valence-corrected chi connectivity index (χ0v) is 13.4. The van der Waals surface area contributed by atoms with Crippen LogP contribution in [-0.4, -0.2) is 15.6 Å². The first-order valence-electron chi connectivity index (χ1n) is 6.73. The number of thiophene rings is 1. The summed E-state index contributed by atoms with van der Waals surface area (Å²) >= 11 is 6.68. The Labute approximate surface area is 135 Å². The summed E-state index contributed by atoms with van der Waals surface area (Å²) in [5, 5.41) is 2.24. The van der Waals surface area contributed by atoms with Crippen LogP contribution in [0.4, 0.5) is 0 Å². The highest BCUT2D eigenvalue weighted by Gasteiger charge is 2.11. The molecule has 0 aliphatic carbocycles. The Bertz CT molecular complexity index is 969. The van der Waals surface area contributed by atoms with Gasteiger partial charge in [-0.15, -0.1) is 11.3 Å². The molecule has 2 N–H and O–H groups in total. The van der Waals surface area contributed by atoms with Crippen molar-refractivity contribution in [2.24, 2.45) is 0 Å². The van der Waals surface area contributed by atoms with Crippen molar-refractivity contribution in [2.45, 2.75) is 13.3 Å². The summed E-state index contributed by atoms with van der Waals surface area (Å²) < 4.78 is 1.23. The molecule has 0 bridgehead atoms. The molecule has 3 aromatic rings. The van der Waals surface area contributed by atoms with Crippen molar-refractivity contribution in [1.29, 1.82) is 0 Å². The van der Waals surface area contributed by atoms with Crippen LogP contribution in [0.5, 0.6) is 0 Å². The molecule has 0 saturated carbocycles. The van der Waals surface area contributed by atoms with Gasteiger partial charge in [0.15, 0.2) is 4.77 Å². The average Bonchev–Trinajstić information content (AvgIpc) is 3.00. The molecule has 7 heteroatoms. The third-order valence-corrected chi connectivity index (χ3v) is 4.65. The van der Waals surface area contributed by atoms with E-state index in [0.29, 0.717) is 16.5 Å². The number of aryl methyl sites for hydroxylation is 1. The van der Waals surface area contributed by atoms with Gasteiger partial charge in [-0.2, -0.15) is 4.68 Å². The van der Waals surface area contributed by atoms with Crippen molar-refractivity contribution in [3.8, 4) is 0 Å². The third-order valence-electron chi connectivity index (χ3n) is 3.28. The maximum atomic E-state index is 12.4. The number of fused-ring (bicyclic) bond motifs is 1. The van der Waals surface area contributed by atoms with Gasteiger partial charge in [-0.1, -0.05) is 19.1 Å². The predicted octanol–water partition coefficient (Wildman–Crippen LogP) is 3.07. The number of para-hydroxylation sites is 1. The minimum Gasteiger partial charge on any atom is -0.330 e. The number of rotatable bonds is 3. The Morgan fingerprint density at radius 2 is 2.18 bits per heavy atom. The fourth-order valence-corrected chi connectivity index (χ4v) is 3.17. The van der Waals surface area contributed by atoms with E-state index in [1.807, 2.05) is 19.1 Å². The SMILES string of the molecule is CCc1cc(C(=O)Nn2c(=S)[nH]c3ccccc3c2=O)cs1. The van der Waals surface area contributed by atoms with Crippen LogP contribution in [0.3, 0.4) is 0 Å². The predicted molar refractivity (Wildman–Crippen MR) is 90.8 cm³/mol. The molecular weight excluding hydrogens is 318 g/mol. The fraction of sp³-hybridized carbons (Fsp3) is 0.133. The van der Waals surface area contributed by atoms with E-state index in [1.54, 1.807) is 23.6 Å². The number of carbonyl (C=O) groups is 1. The lowest BCUT2D eigenvalue weighted by Gasteiger charge is -2.08. The maximum absolute atomic E-state index is 12.4. The van der Waals surface area contributed by atoms with E-state index in [1.165, 1.54) is 11.3 Å². The molecule has 0 fully saturated rings. The Morgan fingerprint density at radius 1 is 1.41 bits per heavy atom. The largest absolute Gasteiger partial charge is 0.330 e. The summed E-state index contributed by atoms with van der Waals surface area (Å²) in [6.45, 7) is 2.03. The lowest BCUT2D eigenvalue weighted by Crippen LogP contribution is -2.34. The molecule has 22 heavy (non-hydrogen) atoms. The second kappa shape index (κ2) is 5.86. The zero-order chi connectivity index (χ0) is 15.7. The molecular formula is C15H13N3O2S2. The fourth-order valence-electron chi connectivity index (χ4n) is 2.12. The lowest BCUT2D eigenvalue weighted by atomic mass is 10.2. The van der Waals surface area contributed by atoms with E-state index >= 15 is 0 Å². The molecule has 2 heterocycles. The van der Waals surface area contributed by atoms with Crippen LogP contribution in [0.15, 0.2) is 40.5 Å². The zero-order valence-electron chi connectivity index (χ0n) is 11.8. The van der Waals surface area contributed by atoms with Crippen LogP contribution in [0, 0.1) is 4.77 Å². The van der Waals surface area contributed by atoms with Gasteiger partial charge in [0.25, 0.3) is 11.5 Å². The lowest BCUT2D eigenvalue weighted by molar-refractivity contribution is 0.101. The highest BCUT2D eigenvalue weighted by Crippen LogP contribution is 2.15. The molecule has 5 nitrogen and oxygen atoms in total. The van der Waals surface area contributed by atoms with Crippen molar-refractivity contribution in [2.75, 3.05) is 5.43 Å². The monoisotopic (exact) mass is 331 g/mol. The van der Waals surface area contributed by atoms with E-state index in [-0.39, 0.29) is 16.2 Å². The quantitative estimate of drug-likeness (QED) is 0.725. The molecule has 0 saturated heterocycles. The van der Waals surface area contributed by atoms with E-state index < -0.39 is 0 Å². The number of hydrogen-bond donors (Lipinski definition) is 2. The Hall–Kier alpha value is -2.25. The summed E-state index contributed by atoms with van der Waals surface area (Å²) in [4.78, 5) is 28.8.